The Kier molecular flexibility index (Phi) is 8.49. The molecule has 0 aliphatic carbocycles. The zero-order chi connectivity index (χ0) is 20.7. The smallest absolute Gasteiger partial charge is 0.228 e. The Bertz CT molecular complexity index is 814. The second kappa shape index (κ2) is 10.6. The normalized spacial score (nSPS) is 10.5. The molecule has 7 heteroatoms. The predicted octanol–water partition coefficient (Wildman–Crippen LogP) is 6.45. The van der Waals surface area contributed by atoms with E-state index >= 15 is 0 Å². The first-order valence-corrected chi connectivity index (χ1v) is 9.83. The Hall–Kier alpha value is -1.88. The van der Waals surface area contributed by atoms with Crippen LogP contribution in [0, 0.1) is 6.92 Å². The van der Waals surface area contributed by atoms with Crippen molar-refractivity contribution in [2.45, 2.75) is 13.3 Å². The van der Waals surface area contributed by atoms with E-state index in [4.69, 9.17) is 44.3 Å². The SMILES string of the molecule is [CH2]C(=C)COc1ccc(N(C(C)=O)c2cc(Cl)c(OCCCCl)c(Cl)c2)cc1. The zero-order valence-electron chi connectivity index (χ0n) is 15.5. The fourth-order valence-electron chi connectivity index (χ4n) is 2.43. The fourth-order valence-corrected chi connectivity index (χ4v) is 3.13. The van der Waals surface area contributed by atoms with Gasteiger partial charge in [0.25, 0.3) is 0 Å². The van der Waals surface area contributed by atoms with E-state index in [-0.39, 0.29) is 5.91 Å². The van der Waals surface area contributed by atoms with Gasteiger partial charge in [0.2, 0.25) is 5.91 Å². The number of hydrogen-bond acceptors (Lipinski definition) is 3. The molecule has 0 N–H and O–H groups in total. The van der Waals surface area contributed by atoms with Crippen LogP contribution in [0.15, 0.2) is 48.6 Å². The largest absolute Gasteiger partial charge is 0.490 e. The zero-order valence-corrected chi connectivity index (χ0v) is 17.8. The summed E-state index contributed by atoms with van der Waals surface area (Å²) < 4.78 is 11.1. The third-order valence-corrected chi connectivity index (χ3v) is 4.45. The van der Waals surface area contributed by atoms with Gasteiger partial charge < -0.3 is 9.47 Å². The van der Waals surface area contributed by atoms with Crippen LogP contribution in [-0.4, -0.2) is 25.0 Å². The van der Waals surface area contributed by atoms with Crippen LogP contribution < -0.4 is 14.4 Å². The third kappa shape index (κ3) is 6.06. The first kappa shape index (κ1) is 22.4. The van der Waals surface area contributed by atoms with Gasteiger partial charge in [-0.3, -0.25) is 9.69 Å². The molecule has 0 bridgehead atoms. The summed E-state index contributed by atoms with van der Waals surface area (Å²) in [6, 6.07) is 10.4. The lowest BCUT2D eigenvalue weighted by Gasteiger charge is -2.23. The Morgan fingerprint density at radius 3 is 2.18 bits per heavy atom. The highest BCUT2D eigenvalue weighted by Gasteiger charge is 2.18. The van der Waals surface area contributed by atoms with E-state index < -0.39 is 0 Å². The average molecular weight is 442 g/mol. The Morgan fingerprint density at radius 1 is 1.07 bits per heavy atom. The highest BCUT2D eigenvalue weighted by atomic mass is 35.5. The first-order chi connectivity index (χ1) is 13.3. The molecule has 1 amide bonds. The van der Waals surface area contributed by atoms with Gasteiger partial charge in [0.15, 0.2) is 5.75 Å². The maximum absolute atomic E-state index is 12.3. The lowest BCUT2D eigenvalue weighted by molar-refractivity contribution is -0.115. The molecule has 2 aromatic carbocycles. The lowest BCUT2D eigenvalue weighted by Crippen LogP contribution is -2.22. The van der Waals surface area contributed by atoms with E-state index in [0.717, 1.165) is 0 Å². The molecule has 0 saturated carbocycles. The van der Waals surface area contributed by atoms with Crippen molar-refractivity contribution in [1.82, 2.24) is 0 Å². The van der Waals surface area contributed by atoms with E-state index in [0.29, 0.717) is 64.0 Å². The van der Waals surface area contributed by atoms with Gasteiger partial charge in [-0.2, -0.15) is 0 Å². The van der Waals surface area contributed by atoms with Crippen molar-refractivity contribution >= 4 is 52.1 Å². The number of amides is 1. The fraction of sp³-hybridized carbons (Fsp3) is 0.238. The Balaban J connectivity index is 2.28. The number of carbonyl (C=O) groups is 1. The highest BCUT2D eigenvalue weighted by molar-refractivity contribution is 6.37. The standard InChI is InChI=1S/C21H21Cl3NO3/c1-14(2)13-28-18-7-5-16(6-8-18)25(15(3)26)17-11-19(23)21(20(24)12-17)27-10-4-9-22/h5-8,11-12H,1-2,4,9-10,13H2,3H3. The van der Waals surface area contributed by atoms with Gasteiger partial charge >= 0.3 is 0 Å². The molecule has 28 heavy (non-hydrogen) atoms. The van der Waals surface area contributed by atoms with Crippen LogP contribution in [0.25, 0.3) is 0 Å². The molecule has 0 spiro atoms. The van der Waals surface area contributed by atoms with E-state index in [1.807, 2.05) is 0 Å². The average Bonchev–Trinajstić information content (AvgIpc) is 2.63. The van der Waals surface area contributed by atoms with E-state index in [2.05, 4.69) is 13.5 Å². The van der Waals surface area contributed by atoms with E-state index in [9.17, 15) is 4.79 Å². The molecule has 2 rings (SSSR count). The summed E-state index contributed by atoms with van der Waals surface area (Å²) in [7, 11) is 0. The van der Waals surface area contributed by atoms with E-state index in [1.165, 1.54) is 11.8 Å². The number of hydrogen-bond donors (Lipinski definition) is 0. The van der Waals surface area contributed by atoms with Crippen LogP contribution in [0.5, 0.6) is 11.5 Å². The quantitative estimate of drug-likeness (QED) is 0.331. The molecule has 0 saturated heterocycles. The molecule has 2 aromatic rings. The molecule has 0 aromatic heterocycles. The summed E-state index contributed by atoms with van der Waals surface area (Å²) in [4.78, 5) is 13.8. The summed E-state index contributed by atoms with van der Waals surface area (Å²) in [5.41, 5.74) is 1.86. The van der Waals surface area contributed by atoms with Crippen LogP contribution in [0.4, 0.5) is 11.4 Å². The molecular formula is C21H21Cl3NO3. The molecular weight excluding hydrogens is 421 g/mol. The number of ether oxygens (including phenoxy) is 2. The molecule has 0 heterocycles. The number of halogens is 3. The minimum absolute atomic E-state index is 0.192. The van der Waals surface area contributed by atoms with Crippen LogP contribution in [0.2, 0.25) is 10.0 Å². The topological polar surface area (TPSA) is 38.8 Å². The number of nitrogens with zero attached hydrogens (tertiary/aromatic N) is 1. The van der Waals surface area contributed by atoms with Crippen molar-refractivity contribution in [2.24, 2.45) is 0 Å². The number of alkyl halides is 1. The minimum atomic E-state index is -0.192. The van der Waals surface area contributed by atoms with Gasteiger partial charge in [-0.05, 0) is 55.3 Å². The van der Waals surface area contributed by atoms with Gasteiger partial charge in [0, 0.05) is 18.5 Å². The third-order valence-electron chi connectivity index (χ3n) is 3.62. The van der Waals surface area contributed by atoms with Gasteiger partial charge in [0.05, 0.1) is 22.3 Å². The van der Waals surface area contributed by atoms with Crippen LogP contribution in [-0.2, 0) is 4.79 Å². The van der Waals surface area contributed by atoms with Crippen LogP contribution >= 0.6 is 34.8 Å². The summed E-state index contributed by atoms with van der Waals surface area (Å²) in [6.45, 7) is 9.58. The summed E-state index contributed by atoms with van der Waals surface area (Å²) in [5.74, 6) is 1.31. The lowest BCUT2D eigenvalue weighted by atomic mass is 10.2. The molecule has 0 atom stereocenters. The van der Waals surface area contributed by atoms with E-state index in [1.54, 1.807) is 36.4 Å². The Morgan fingerprint density at radius 2 is 1.68 bits per heavy atom. The number of benzene rings is 2. The monoisotopic (exact) mass is 440 g/mol. The Labute approximate surface area is 180 Å². The first-order valence-electron chi connectivity index (χ1n) is 8.54. The van der Waals surface area contributed by atoms with Crippen molar-refractivity contribution in [3.63, 3.8) is 0 Å². The summed E-state index contributed by atoms with van der Waals surface area (Å²) in [5, 5.41) is 0.634. The highest BCUT2D eigenvalue weighted by Crippen LogP contribution is 2.39. The van der Waals surface area contributed by atoms with Crippen molar-refractivity contribution in [1.29, 1.82) is 0 Å². The molecule has 4 nitrogen and oxygen atoms in total. The van der Waals surface area contributed by atoms with Gasteiger partial charge in [-0.1, -0.05) is 29.8 Å². The maximum atomic E-state index is 12.3. The molecule has 149 valence electrons. The van der Waals surface area contributed by atoms with Crippen molar-refractivity contribution in [3.05, 3.63) is 65.5 Å². The second-order valence-electron chi connectivity index (χ2n) is 6.02. The molecule has 0 aliphatic rings. The predicted molar refractivity (Wildman–Crippen MR) is 117 cm³/mol. The second-order valence-corrected chi connectivity index (χ2v) is 7.21. The van der Waals surface area contributed by atoms with Gasteiger partial charge in [-0.25, -0.2) is 0 Å². The number of anilines is 2. The van der Waals surface area contributed by atoms with Gasteiger partial charge in [-0.15, -0.1) is 11.6 Å². The van der Waals surface area contributed by atoms with Gasteiger partial charge in [0.1, 0.15) is 12.4 Å². The number of carbonyl (C=O) groups excluding carboxylic acids is 1. The molecule has 0 aliphatic heterocycles. The van der Waals surface area contributed by atoms with Crippen LogP contribution in [0.3, 0.4) is 0 Å². The number of rotatable bonds is 9. The molecule has 0 unspecified atom stereocenters. The molecule has 1 radical (unpaired) electrons. The maximum Gasteiger partial charge on any atom is 0.228 e. The molecule has 0 fully saturated rings. The van der Waals surface area contributed by atoms with Crippen molar-refractivity contribution < 1.29 is 14.3 Å². The summed E-state index contributed by atoms with van der Waals surface area (Å²) >= 11 is 18.3. The van der Waals surface area contributed by atoms with Crippen LogP contribution in [0.1, 0.15) is 13.3 Å². The van der Waals surface area contributed by atoms with Crippen molar-refractivity contribution in [3.8, 4) is 11.5 Å². The summed E-state index contributed by atoms with van der Waals surface area (Å²) in [6.07, 6.45) is 0.672. The minimum Gasteiger partial charge on any atom is -0.490 e. The van der Waals surface area contributed by atoms with Crippen molar-refractivity contribution in [2.75, 3.05) is 24.0 Å².